The van der Waals surface area contributed by atoms with E-state index >= 15 is 0 Å². The van der Waals surface area contributed by atoms with E-state index in [2.05, 4.69) is 37.8 Å². The minimum absolute atomic E-state index is 0.765. The molecule has 1 fully saturated rings. The van der Waals surface area contributed by atoms with Gasteiger partial charge in [-0.2, -0.15) is 15.4 Å². The molecule has 1 aromatic heterocycles. The number of rotatable bonds is 7. The van der Waals surface area contributed by atoms with E-state index < -0.39 is 0 Å². The molecule has 0 spiro atoms. The molecular formula is C16H23N5. The average molecular weight is 285 g/mol. The molecule has 112 valence electrons. The van der Waals surface area contributed by atoms with Crippen molar-refractivity contribution in [2.75, 3.05) is 26.2 Å². The third kappa shape index (κ3) is 3.89. The highest BCUT2D eigenvalue weighted by molar-refractivity contribution is 5.60. The fourth-order valence-electron chi connectivity index (χ4n) is 2.84. The maximum Gasteiger partial charge on any atom is 0.117 e. The van der Waals surface area contributed by atoms with Crippen molar-refractivity contribution in [1.82, 2.24) is 25.6 Å². The lowest BCUT2D eigenvalue weighted by molar-refractivity contribution is 0.331. The van der Waals surface area contributed by atoms with Gasteiger partial charge in [0.05, 0.1) is 0 Å². The van der Waals surface area contributed by atoms with Crippen molar-refractivity contribution in [3.63, 3.8) is 0 Å². The van der Waals surface area contributed by atoms with E-state index in [1.807, 2.05) is 18.2 Å². The van der Waals surface area contributed by atoms with Crippen molar-refractivity contribution in [2.24, 2.45) is 0 Å². The Kier molecular flexibility index (Phi) is 4.97. The predicted octanol–water partition coefficient (Wildman–Crippen LogP) is 2.05. The Balaban J connectivity index is 1.44. The Morgan fingerprint density at radius 2 is 1.90 bits per heavy atom. The Bertz CT molecular complexity index is 531. The lowest BCUT2D eigenvalue weighted by Crippen LogP contribution is -2.24. The summed E-state index contributed by atoms with van der Waals surface area (Å²) in [5, 5.41) is 14.7. The summed E-state index contributed by atoms with van der Waals surface area (Å²) in [7, 11) is 0. The van der Waals surface area contributed by atoms with Crippen molar-refractivity contribution in [2.45, 2.75) is 25.8 Å². The molecular weight excluding hydrogens is 262 g/mol. The molecule has 0 saturated carbocycles. The van der Waals surface area contributed by atoms with Crippen LogP contribution in [0.1, 0.15) is 25.0 Å². The summed E-state index contributed by atoms with van der Waals surface area (Å²) in [6.07, 6.45) is 3.93. The number of hydrogen-bond acceptors (Lipinski definition) is 4. The second-order valence-electron chi connectivity index (χ2n) is 5.56. The number of aromatic amines is 1. The first-order chi connectivity index (χ1) is 10.4. The van der Waals surface area contributed by atoms with Crippen LogP contribution in [0.25, 0.3) is 11.3 Å². The fraction of sp³-hybridized carbons (Fsp3) is 0.500. The Labute approximate surface area is 125 Å². The van der Waals surface area contributed by atoms with Gasteiger partial charge in [0, 0.05) is 12.1 Å². The third-order valence-corrected chi connectivity index (χ3v) is 3.99. The van der Waals surface area contributed by atoms with Gasteiger partial charge in [0.15, 0.2) is 0 Å². The van der Waals surface area contributed by atoms with Crippen molar-refractivity contribution >= 4 is 0 Å². The highest BCUT2D eigenvalue weighted by Gasteiger charge is 2.11. The van der Waals surface area contributed by atoms with Crippen LogP contribution >= 0.6 is 0 Å². The third-order valence-electron chi connectivity index (χ3n) is 3.99. The fourth-order valence-corrected chi connectivity index (χ4v) is 2.84. The molecule has 0 bridgehead atoms. The topological polar surface area (TPSA) is 56.8 Å². The van der Waals surface area contributed by atoms with Gasteiger partial charge in [-0.25, -0.2) is 0 Å². The molecule has 0 amide bonds. The number of nitrogens with one attached hydrogen (secondary N) is 2. The molecule has 2 N–H and O–H groups in total. The smallest absolute Gasteiger partial charge is 0.117 e. The predicted molar refractivity (Wildman–Crippen MR) is 83.8 cm³/mol. The summed E-state index contributed by atoms with van der Waals surface area (Å²) in [5.74, 6) is 0. The number of nitrogens with zero attached hydrogens (tertiary/aromatic N) is 3. The largest absolute Gasteiger partial charge is 0.311 e. The van der Waals surface area contributed by atoms with Crippen LogP contribution in [0.2, 0.25) is 0 Å². The Morgan fingerprint density at radius 3 is 2.71 bits per heavy atom. The van der Waals surface area contributed by atoms with E-state index in [1.54, 1.807) is 0 Å². The molecule has 5 nitrogen and oxygen atoms in total. The lowest BCUT2D eigenvalue weighted by atomic mass is 10.1. The number of H-pyrrole nitrogens is 1. The second-order valence-corrected chi connectivity index (χ2v) is 5.56. The van der Waals surface area contributed by atoms with Crippen LogP contribution in [0.15, 0.2) is 30.3 Å². The van der Waals surface area contributed by atoms with Gasteiger partial charge >= 0.3 is 0 Å². The standard InChI is InChI=1S/C16H23N5/c1-2-7-14(8-3-1)16-15(18-20-19-16)13-17-9-6-12-21-10-4-5-11-21/h1-3,7-8,17H,4-6,9-13H2,(H,18,19,20). The van der Waals surface area contributed by atoms with E-state index in [0.29, 0.717) is 0 Å². The molecule has 2 heterocycles. The summed E-state index contributed by atoms with van der Waals surface area (Å²) in [5.41, 5.74) is 3.05. The molecule has 2 aromatic rings. The number of hydrogen-bond donors (Lipinski definition) is 2. The van der Waals surface area contributed by atoms with Crippen molar-refractivity contribution in [1.29, 1.82) is 0 Å². The minimum atomic E-state index is 0.765. The van der Waals surface area contributed by atoms with E-state index in [1.165, 1.54) is 38.9 Å². The molecule has 1 aromatic carbocycles. The molecule has 21 heavy (non-hydrogen) atoms. The van der Waals surface area contributed by atoms with E-state index in [4.69, 9.17) is 0 Å². The zero-order valence-corrected chi connectivity index (χ0v) is 12.4. The van der Waals surface area contributed by atoms with Gasteiger partial charge < -0.3 is 10.2 Å². The molecule has 5 heteroatoms. The zero-order valence-electron chi connectivity index (χ0n) is 12.4. The van der Waals surface area contributed by atoms with Crippen molar-refractivity contribution in [3.8, 4) is 11.3 Å². The molecule has 1 aliphatic heterocycles. The van der Waals surface area contributed by atoms with E-state index in [9.17, 15) is 0 Å². The summed E-state index contributed by atoms with van der Waals surface area (Å²) in [4.78, 5) is 2.55. The van der Waals surface area contributed by atoms with Gasteiger partial charge in [-0.15, -0.1) is 0 Å². The zero-order chi connectivity index (χ0) is 14.3. The average Bonchev–Trinajstić information content (AvgIpc) is 3.19. The van der Waals surface area contributed by atoms with Crippen LogP contribution in [0.4, 0.5) is 0 Å². The summed E-state index contributed by atoms with van der Waals surface area (Å²) in [6, 6.07) is 10.2. The Morgan fingerprint density at radius 1 is 1.10 bits per heavy atom. The number of likely N-dealkylation sites (tertiary alicyclic amines) is 1. The summed E-state index contributed by atoms with van der Waals surface area (Å²) in [6.45, 7) is 5.55. The highest BCUT2D eigenvalue weighted by atomic mass is 15.3. The monoisotopic (exact) mass is 285 g/mol. The number of benzene rings is 1. The maximum atomic E-state index is 4.26. The van der Waals surface area contributed by atoms with Gasteiger partial charge in [0.2, 0.25) is 0 Å². The van der Waals surface area contributed by atoms with Crippen LogP contribution in [-0.2, 0) is 6.54 Å². The summed E-state index contributed by atoms with van der Waals surface area (Å²) >= 11 is 0. The highest BCUT2D eigenvalue weighted by Crippen LogP contribution is 2.18. The SMILES string of the molecule is c1ccc(-c2n[nH]nc2CNCCCN2CCCC2)cc1. The van der Waals surface area contributed by atoms with Crippen molar-refractivity contribution in [3.05, 3.63) is 36.0 Å². The second kappa shape index (κ2) is 7.33. The van der Waals surface area contributed by atoms with Gasteiger partial charge in [-0.1, -0.05) is 30.3 Å². The van der Waals surface area contributed by atoms with Crippen molar-refractivity contribution < 1.29 is 0 Å². The first-order valence-corrected chi connectivity index (χ1v) is 7.81. The summed E-state index contributed by atoms with van der Waals surface area (Å²) < 4.78 is 0. The molecule has 3 rings (SSSR count). The number of aromatic nitrogens is 3. The van der Waals surface area contributed by atoms with Crippen LogP contribution < -0.4 is 5.32 Å². The minimum Gasteiger partial charge on any atom is -0.311 e. The molecule has 0 radical (unpaired) electrons. The first kappa shape index (κ1) is 14.2. The van der Waals surface area contributed by atoms with Crippen LogP contribution in [0.3, 0.4) is 0 Å². The maximum absolute atomic E-state index is 4.26. The van der Waals surface area contributed by atoms with Crippen LogP contribution in [0.5, 0.6) is 0 Å². The van der Waals surface area contributed by atoms with E-state index in [-0.39, 0.29) is 0 Å². The Hall–Kier alpha value is -1.72. The molecule has 0 unspecified atom stereocenters. The molecule has 1 saturated heterocycles. The lowest BCUT2D eigenvalue weighted by Gasteiger charge is -2.14. The van der Waals surface area contributed by atoms with Gasteiger partial charge in [0.1, 0.15) is 11.4 Å². The van der Waals surface area contributed by atoms with Gasteiger partial charge in [0.25, 0.3) is 0 Å². The normalized spacial score (nSPS) is 15.6. The van der Waals surface area contributed by atoms with Crippen LogP contribution in [0, 0.1) is 0 Å². The molecule has 1 aliphatic rings. The van der Waals surface area contributed by atoms with Gasteiger partial charge in [-0.05, 0) is 45.4 Å². The van der Waals surface area contributed by atoms with Crippen LogP contribution in [-0.4, -0.2) is 46.5 Å². The first-order valence-electron chi connectivity index (χ1n) is 7.81. The molecule has 0 aliphatic carbocycles. The van der Waals surface area contributed by atoms with E-state index in [0.717, 1.165) is 30.0 Å². The van der Waals surface area contributed by atoms with Gasteiger partial charge in [-0.3, -0.25) is 0 Å². The quantitative estimate of drug-likeness (QED) is 0.765. The molecule has 0 atom stereocenters.